The predicted molar refractivity (Wildman–Crippen MR) is 130 cm³/mol. The first-order valence-electron chi connectivity index (χ1n) is 10.3. The SMILES string of the molecule is Cc1cn(CC(=O)N(C)C2CC2)nc1Nc1ncc(C(=O)Nc2c(Br)ccc3[nH]ncc23)s1. The van der Waals surface area contributed by atoms with Crippen LogP contribution in [0, 0.1) is 6.92 Å². The Morgan fingerprint density at radius 3 is 2.94 bits per heavy atom. The van der Waals surface area contributed by atoms with Crippen molar-refractivity contribution in [2.45, 2.75) is 32.4 Å². The number of hydrogen-bond donors (Lipinski definition) is 3. The molecule has 33 heavy (non-hydrogen) atoms. The highest BCUT2D eigenvalue weighted by molar-refractivity contribution is 9.10. The zero-order valence-electron chi connectivity index (χ0n) is 17.9. The van der Waals surface area contributed by atoms with Crippen molar-refractivity contribution in [3.8, 4) is 0 Å². The van der Waals surface area contributed by atoms with Gasteiger partial charge in [0, 0.05) is 34.7 Å². The highest BCUT2D eigenvalue weighted by Crippen LogP contribution is 2.32. The van der Waals surface area contributed by atoms with Gasteiger partial charge in [0.25, 0.3) is 5.91 Å². The third kappa shape index (κ3) is 4.48. The quantitative estimate of drug-likeness (QED) is 0.334. The van der Waals surface area contributed by atoms with Crippen molar-refractivity contribution in [3.05, 3.63) is 45.6 Å². The first-order chi connectivity index (χ1) is 15.9. The largest absolute Gasteiger partial charge is 0.341 e. The Hall–Kier alpha value is -3.25. The second kappa shape index (κ2) is 8.60. The summed E-state index contributed by atoms with van der Waals surface area (Å²) in [6, 6.07) is 4.10. The molecule has 3 aromatic heterocycles. The lowest BCUT2D eigenvalue weighted by Gasteiger charge is -2.15. The van der Waals surface area contributed by atoms with Crippen molar-refractivity contribution in [1.82, 2.24) is 29.9 Å². The fraction of sp³-hybridized carbons (Fsp3) is 0.286. The van der Waals surface area contributed by atoms with E-state index in [0.29, 0.717) is 27.6 Å². The summed E-state index contributed by atoms with van der Waals surface area (Å²) in [5, 5.41) is 18.8. The number of nitrogens with zero attached hydrogens (tertiary/aromatic N) is 5. The molecule has 0 aliphatic heterocycles. The molecule has 12 heteroatoms. The van der Waals surface area contributed by atoms with Crippen LogP contribution in [-0.4, -0.2) is 54.8 Å². The lowest BCUT2D eigenvalue weighted by Crippen LogP contribution is -2.32. The standard InChI is InChI=1S/C21H21BrN8O2S/c1-11-9-30(10-17(31)29(2)12-3-4-12)28-19(11)26-21-23-8-16(33-21)20(32)25-18-13-7-24-27-15(13)6-5-14(18)22/h5-9,12H,3-4,10H2,1-2H3,(H,24,27)(H,25,32)(H,23,26,28). The first kappa shape index (κ1) is 21.6. The highest BCUT2D eigenvalue weighted by Gasteiger charge is 2.29. The van der Waals surface area contributed by atoms with Gasteiger partial charge in [-0.2, -0.15) is 10.2 Å². The number of rotatable bonds is 7. The van der Waals surface area contributed by atoms with Crippen molar-refractivity contribution in [1.29, 1.82) is 0 Å². The number of aryl methyl sites for hydroxylation is 1. The maximum Gasteiger partial charge on any atom is 0.267 e. The van der Waals surface area contributed by atoms with Crippen LogP contribution in [-0.2, 0) is 11.3 Å². The number of anilines is 3. The molecular weight excluding hydrogens is 508 g/mol. The van der Waals surface area contributed by atoms with Gasteiger partial charge in [-0.25, -0.2) is 4.98 Å². The Labute approximate surface area is 201 Å². The van der Waals surface area contributed by atoms with E-state index in [1.807, 2.05) is 32.3 Å². The van der Waals surface area contributed by atoms with Crippen LogP contribution < -0.4 is 10.6 Å². The van der Waals surface area contributed by atoms with E-state index in [2.05, 4.69) is 46.8 Å². The summed E-state index contributed by atoms with van der Waals surface area (Å²) in [6.07, 6.45) is 7.15. The molecule has 10 nitrogen and oxygen atoms in total. The number of carbonyl (C=O) groups is 2. The van der Waals surface area contributed by atoms with Crippen LogP contribution in [0.1, 0.15) is 28.1 Å². The summed E-state index contributed by atoms with van der Waals surface area (Å²) in [6.45, 7) is 2.10. The van der Waals surface area contributed by atoms with E-state index >= 15 is 0 Å². The fourth-order valence-electron chi connectivity index (χ4n) is 3.47. The van der Waals surface area contributed by atoms with Crippen molar-refractivity contribution < 1.29 is 9.59 Å². The van der Waals surface area contributed by atoms with Crippen LogP contribution in [0.5, 0.6) is 0 Å². The Morgan fingerprint density at radius 1 is 1.33 bits per heavy atom. The second-order valence-corrected chi connectivity index (χ2v) is 9.84. The van der Waals surface area contributed by atoms with E-state index in [0.717, 1.165) is 33.8 Å². The van der Waals surface area contributed by atoms with Gasteiger partial charge in [0.05, 0.1) is 23.6 Å². The number of benzene rings is 1. The molecule has 1 saturated carbocycles. The van der Waals surface area contributed by atoms with E-state index in [1.54, 1.807) is 15.8 Å². The van der Waals surface area contributed by atoms with E-state index < -0.39 is 0 Å². The van der Waals surface area contributed by atoms with Gasteiger partial charge in [-0.1, -0.05) is 11.3 Å². The molecule has 0 spiro atoms. The molecule has 5 rings (SSSR count). The molecule has 2 amide bonds. The van der Waals surface area contributed by atoms with Crippen LogP contribution in [0.2, 0.25) is 0 Å². The Balaban J connectivity index is 1.27. The average Bonchev–Trinajstić information content (AvgIpc) is 3.17. The molecule has 0 radical (unpaired) electrons. The topological polar surface area (TPSA) is 121 Å². The average molecular weight is 529 g/mol. The van der Waals surface area contributed by atoms with E-state index in [4.69, 9.17) is 0 Å². The van der Waals surface area contributed by atoms with Gasteiger partial charge in [0.15, 0.2) is 10.9 Å². The zero-order valence-corrected chi connectivity index (χ0v) is 20.3. The number of amides is 2. The van der Waals surface area contributed by atoms with Crippen LogP contribution in [0.4, 0.5) is 16.6 Å². The smallest absolute Gasteiger partial charge is 0.267 e. The number of fused-ring (bicyclic) bond motifs is 1. The van der Waals surface area contributed by atoms with Crippen molar-refractivity contribution in [2.24, 2.45) is 0 Å². The normalized spacial score (nSPS) is 13.3. The summed E-state index contributed by atoms with van der Waals surface area (Å²) in [5.41, 5.74) is 2.35. The lowest BCUT2D eigenvalue weighted by molar-refractivity contribution is -0.131. The van der Waals surface area contributed by atoms with Crippen LogP contribution in [0.25, 0.3) is 10.9 Å². The molecule has 1 aromatic carbocycles. The number of aromatic nitrogens is 5. The Morgan fingerprint density at radius 2 is 2.15 bits per heavy atom. The second-order valence-electron chi connectivity index (χ2n) is 7.96. The van der Waals surface area contributed by atoms with Gasteiger partial charge in [-0.15, -0.1) is 0 Å². The number of aromatic amines is 1. The van der Waals surface area contributed by atoms with Crippen molar-refractivity contribution in [2.75, 3.05) is 17.7 Å². The molecule has 170 valence electrons. The Kier molecular flexibility index (Phi) is 5.62. The van der Waals surface area contributed by atoms with Crippen LogP contribution >= 0.6 is 27.3 Å². The van der Waals surface area contributed by atoms with Crippen LogP contribution in [0.15, 0.2) is 35.2 Å². The molecule has 0 atom stereocenters. The van der Waals surface area contributed by atoms with Gasteiger partial charge in [0.2, 0.25) is 5.91 Å². The molecule has 1 aliphatic rings. The van der Waals surface area contributed by atoms with E-state index in [1.165, 1.54) is 17.5 Å². The maximum atomic E-state index is 12.8. The monoisotopic (exact) mass is 528 g/mol. The minimum atomic E-state index is -0.272. The summed E-state index contributed by atoms with van der Waals surface area (Å²) in [4.78, 5) is 31.8. The number of H-pyrrole nitrogens is 1. The van der Waals surface area contributed by atoms with E-state index in [9.17, 15) is 9.59 Å². The van der Waals surface area contributed by atoms with Crippen molar-refractivity contribution >= 4 is 66.6 Å². The lowest BCUT2D eigenvalue weighted by atomic mass is 10.2. The fourth-order valence-corrected chi connectivity index (χ4v) is 4.63. The minimum Gasteiger partial charge on any atom is -0.341 e. The van der Waals surface area contributed by atoms with E-state index in [-0.39, 0.29) is 18.4 Å². The third-order valence-corrected chi connectivity index (χ3v) is 7.07. The molecule has 3 heterocycles. The molecule has 3 N–H and O–H groups in total. The van der Waals surface area contributed by atoms with Gasteiger partial charge in [-0.05, 0) is 47.8 Å². The predicted octanol–water partition coefficient (Wildman–Crippen LogP) is 3.90. The molecular formula is C21H21BrN8O2S. The number of nitrogens with one attached hydrogen (secondary N) is 3. The Bertz CT molecular complexity index is 1360. The summed E-state index contributed by atoms with van der Waals surface area (Å²) >= 11 is 4.70. The van der Waals surface area contributed by atoms with Gasteiger partial charge in [0.1, 0.15) is 11.4 Å². The summed E-state index contributed by atoms with van der Waals surface area (Å²) < 4.78 is 2.39. The molecule has 4 aromatic rings. The summed E-state index contributed by atoms with van der Waals surface area (Å²) in [5.74, 6) is 0.369. The summed E-state index contributed by atoms with van der Waals surface area (Å²) in [7, 11) is 1.84. The number of hydrogen-bond acceptors (Lipinski definition) is 7. The molecule has 0 bridgehead atoms. The van der Waals surface area contributed by atoms with Crippen LogP contribution in [0.3, 0.4) is 0 Å². The molecule has 1 aliphatic carbocycles. The third-order valence-electron chi connectivity index (χ3n) is 5.50. The highest BCUT2D eigenvalue weighted by atomic mass is 79.9. The maximum absolute atomic E-state index is 12.8. The van der Waals surface area contributed by atoms with Gasteiger partial charge >= 0.3 is 0 Å². The van der Waals surface area contributed by atoms with Crippen molar-refractivity contribution in [3.63, 3.8) is 0 Å². The number of thiazole rings is 1. The number of halogens is 1. The zero-order chi connectivity index (χ0) is 23.1. The molecule has 1 fully saturated rings. The van der Waals surface area contributed by atoms with Gasteiger partial charge in [-0.3, -0.25) is 19.4 Å². The number of likely N-dealkylation sites (N-methyl/N-ethyl adjacent to an activating group) is 1. The molecule has 0 unspecified atom stereocenters. The number of carbonyl (C=O) groups excluding carboxylic acids is 2. The molecule has 0 saturated heterocycles. The minimum absolute atomic E-state index is 0.0403. The first-order valence-corrected chi connectivity index (χ1v) is 12.0. The van der Waals surface area contributed by atoms with Gasteiger partial charge < -0.3 is 15.5 Å².